The van der Waals surface area contributed by atoms with E-state index in [1.165, 1.54) is 0 Å². The molecule has 1 saturated heterocycles. The standard InChI is InChI=1S/C17H24N4O2/c1-2-20-12-10-18-16(20)15-7-3-4-11-21(15)17(22)19-9-8-14-6-5-13-23-14/h5-6,10,12-13,15H,2-4,7-9,11H2,1H3,(H,19,22). The van der Waals surface area contributed by atoms with Gasteiger partial charge in [0.05, 0.1) is 12.3 Å². The van der Waals surface area contributed by atoms with E-state index in [0.29, 0.717) is 13.0 Å². The van der Waals surface area contributed by atoms with Crippen molar-refractivity contribution in [2.45, 2.75) is 45.2 Å². The van der Waals surface area contributed by atoms with Crippen LogP contribution in [0, 0.1) is 0 Å². The number of nitrogens with one attached hydrogen (secondary N) is 1. The van der Waals surface area contributed by atoms with Gasteiger partial charge in [0.25, 0.3) is 0 Å². The third kappa shape index (κ3) is 3.57. The van der Waals surface area contributed by atoms with Crippen molar-refractivity contribution in [2.75, 3.05) is 13.1 Å². The minimum Gasteiger partial charge on any atom is -0.469 e. The van der Waals surface area contributed by atoms with Crippen LogP contribution in [-0.2, 0) is 13.0 Å². The second-order valence-corrected chi connectivity index (χ2v) is 5.84. The minimum atomic E-state index is -0.00749. The number of rotatable bonds is 5. The van der Waals surface area contributed by atoms with Crippen molar-refractivity contribution >= 4 is 6.03 Å². The Labute approximate surface area is 136 Å². The second kappa shape index (κ2) is 7.35. The van der Waals surface area contributed by atoms with Crippen molar-refractivity contribution < 1.29 is 9.21 Å². The molecule has 1 aliphatic heterocycles. The molecule has 1 fully saturated rings. The molecule has 23 heavy (non-hydrogen) atoms. The van der Waals surface area contributed by atoms with Gasteiger partial charge in [0.1, 0.15) is 11.6 Å². The first kappa shape index (κ1) is 15.6. The van der Waals surface area contributed by atoms with Gasteiger partial charge in [0, 0.05) is 38.4 Å². The van der Waals surface area contributed by atoms with Gasteiger partial charge in [-0.3, -0.25) is 0 Å². The van der Waals surface area contributed by atoms with Crippen LogP contribution in [0.2, 0.25) is 0 Å². The van der Waals surface area contributed by atoms with E-state index in [2.05, 4.69) is 21.8 Å². The molecule has 2 aromatic heterocycles. The number of hydrogen-bond acceptors (Lipinski definition) is 3. The number of carbonyl (C=O) groups is 1. The van der Waals surface area contributed by atoms with E-state index in [0.717, 1.165) is 43.9 Å². The number of furan rings is 1. The van der Waals surface area contributed by atoms with Gasteiger partial charge in [-0.15, -0.1) is 0 Å². The molecule has 124 valence electrons. The molecule has 1 N–H and O–H groups in total. The Morgan fingerprint density at radius 1 is 1.48 bits per heavy atom. The van der Waals surface area contributed by atoms with E-state index in [1.807, 2.05) is 29.4 Å². The van der Waals surface area contributed by atoms with Crippen molar-refractivity contribution in [1.29, 1.82) is 0 Å². The van der Waals surface area contributed by atoms with E-state index in [9.17, 15) is 4.79 Å². The quantitative estimate of drug-likeness (QED) is 0.922. The summed E-state index contributed by atoms with van der Waals surface area (Å²) in [7, 11) is 0. The van der Waals surface area contributed by atoms with Crippen LogP contribution >= 0.6 is 0 Å². The molecule has 0 radical (unpaired) electrons. The van der Waals surface area contributed by atoms with E-state index in [-0.39, 0.29) is 12.1 Å². The smallest absolute Gasteiger partial charge is 0.318 e. The molecule has 3 rings (SSSR count). The van der Waals surface area contributed by atoms with Crippen molar-refractivity contribution in [1.82, 2.24) is 19.8 Å². The van der Waals surface area contributed by atoms with Gasteiger partial charge in [-0.05, 0) is 38.3 Å². The highest BCUT2D eigenvalue weighted by molar-refractivity contribution is 5.74. The molecule has 6 nitrogen and oxygen atoms in total. The number of amides is 2. The zero-order chi connectivity index (χ0) is 16.1. The van der Waals surface area contributed by atoms with E-state index < -0.39 is 0 Å². The SMILES string of the molecule is CCn1ccnc1C1CCCCN1C(=O)NCCc1ccco1. The maximum absolute atomic E-state index is 12.6. The van der Waals surface area contributed by atoms with Crippen LogP contribution in [0.25, 0.3) is 0 Å². The molecule has 0 spiro atoms. The van der Waals surface area contributed by atoms with Crippen molar-refractivity contribution in [3.05, 3.63) is 42.4 Å². The lowest BCUT2D eigenvalue weighted by atomic mass is 10.0. The summed E-state index contributed by atoms with van der Waals surface area (Å²) in [5.74, 6) is 1.88. The number of imidazole rings is 1. The average molecular weight is 316 g/mol. The molecular weight excluding hydrogens is 292 g/mol. The third-order valence-corrected chi connectivity index (χ3v) is 4.38. The number of carbonyl (C=O) groups excluding carboxylic acids is 1. The average Bonchev–Trinajstić information content (AvgIpc) is 3.26. The van der Waals surface area contributed by atoms with Crippen LogP contribution in [0.1, 0.15) is 43.8 Å². The number of urea groups is 1. The number of nitrogens with zero attached hydrogens (tertiary/aromatic N) is 3. The Morgan fingerprint density at radius 2 is 2.39 bits per heavy atom. The molecule has 1 unspecified atom stereocenters. The lowest BCUT2D eigenvalue weighted by Gasteiger charge is -2.35. The second-order valence-electron chi connectivity index (χ2n) is 5.84. The zero-order valence-electron chi connectivity index (χ0n) is 13.6. The first-order chi connectivity index (χ1) is 11.3. The molecule has 3 heterocycles. The van der Waals surface area contributed by atoms with Crippen LogP contribution < -0.4 is 5.32 Å². The molecule has 6 heteroatoms. The Balaban J connectivity index is 1.62. The van der Waals surface area contributed by atoms with Crippen LogP contribution in [0.4, 0.5) is 4.79 Å². The van der Waals surface area contributed by atoms with Crippen LogP contribution in [-0.4, -0.2) is 33.6 Å². The van der Waals surface area contributed by atoms with Crippen molar-refractivity contribution in [2.24, 2.45) is 0 Å². The van der Waals surface area contributed by atoms with Gasteiger partial charge in [-0.2, -0.15) is 0 Å². The number of aryl methyl sites for hydroxylation is 1. The van der Waals surface area contributed by atoms with Crippen molar-refractivity contribution in [3.63, 3.8) is 0 Å². The van der Waals surface area contributed by atoms with Gasteiger partial charge < -0.3 is 19.2 Å². The molecule has 1 atom stereocenters. The molecule has 0 bridgehead atoms. The highest BCUT2D eigenvalue weighted by Crippen LogP contribution is 2.29. The Hall–Kier alpha value is -2.24. The summed E-state index contributed by atoms with van der Waals surface area (Å²) in [5.41, 5.74) is 0. The van der Waals surface area contributed by atoms with Gasteiger partial charge in [0.15, 0.2) is 0 Å². The summed E-state index contributed by atoms with van der Waals surface area (Å²) in [6.07, 6.45) is 9.33. The normalized spacial score (nSPS) is 18.1. The van der Waals surface area contributed by atoms with Gasteiger partial charge in [0.2, 0.25) is 0 Å². The summed E-state index contributed by atoms with van der Waals surface area (Å²) in [5, 5.41) is 3.01. The summed E-state index contributed by atoms with van der Waals surface area (Å²) in [6.45, 7) is 4.34. The fourth-order valence-electron chi connectivity index (χ4n) is 3.18. The molecular formula is C17H24N4O2. The fraction of sp³-hybridized carbons (Fsp3) is 0.529. The summed E-state index contributed by atoms with van der Waals surface area (Å²) >= 11 is 0. The zero-order valence-corrected chi connectivity index (χ0v) is 13.6. The highest BCUT2D eigenvalue weighted by Gasteiger charge is 2.30. The topological polar surface area (TPSA) is 63.3 Å². The minimum absolute atomic E-state index is 0.00749. The fourth-order valence-corrected chi connectivity index (χ4v) is 3.18. The molecule has 0 aromatic carbocycles. The van der Waals surface area contributed by atoms with E-state index >= 15 is 0 Å². The molecule has 2 amide bonds. The number of likely N-dealkylation sites (tertiary alicyclic amines) is 1. The maximum atomic E-state index is 12.6. The molecule has 0 saturated carbocycles. The summed E-state index contributed by atoms with van der Waals surface area (Å²) in [6, 6.07) is 3.85. The number of piperidine rings is 1. The lowest BCUT2D eigenvalue weighted by molar-refractivity contribution is 0.146. The predicted molar refractivity (Wildman–Crippen MR) is 87.0 cm³/mol. The Kier molecular flexibility index (Phi) is 5.00. The molecule has 0 aliphatic carbocycles. The van der Waals surface area contributed by atoms with Gasteiger partial charge in [-0.1, -0.05) is 0 Å². The van der Waals surface area contributed by atoms with Crippen molar-refractivity contribution in [3.8, 4) is 0 Å². The number of aromatic nitrogens is 2. The first-order valence-corrected chi connectivity index (χ1v) is 8.37. The maximum Gasteiger partial charge on any atom is 0.318 e. The van der Waals surface area contributed by atoms with Gasteiger partial charge in [-0.25, -0.2) is 9.78 Å². The Morgan fingerprint density at radius 3 is 3.17 bits per heavy atom. The summed E-state index contributed by atoms with van der Waals surface area (Å²) < 4.78 is 7.42. The summed E-state index contributed by atoms with van der Waals surface area (Å²) in [4.78, 5) is 19.0. The lowest BCUT2D eigenvalue weighted by Crippen LogP contribution is -2.45. The van der Waals surface area contributed by atoms with Crippen LogP contribution in [0.15, 0.2) is 35.2 Å². The monoisotopic (exact) mass is 316 g/mol. The van der Waals surface area contributed by atoms with Gasteiger partial charge >= 0.3 is 6.03 Å². The first-order valence-electron chi connectivity index (χ1n) is 8.37. The molecule has 1 aliphatic rings. The van der Waals surface area contributed by atoms with Crippen LogP contribution in [0.3, 0.4) is 0 Å². The van der Waals surface area contributed by atoms with E-state index in [4.69, 9.17) is 4.42 Å². The largest absolute Gasteiger partial charge is 0.469 e. The highest BCUT2D eigenvalue weighted by atomic mass is 16.3. The third-order valence-electron chi connectivity index (χ3n) is 4.38. The predicted octanol–water partition coefficient (Wildman–Crippen LogP) is 2.98. The number of hydrogen-bond donors (Lipinski definition) is 1. The molecule has 2 aromatic rings. The van der Waals surface area contributed by atoms with E-state index in [1.54, 1.807) is 6.26 Å². The van der Waals surface area contributed by atoms with Crippen LogP contribution in [0.5, 0.6) is 0 Å². The Bertz CT molecular complexity index is 620.